The molecule has 2 aliphatic rings. The summed E-state index contributed by atoms with van der Waals surface area (Å²) in [7, 11) is 2.08. The number of hydrogen-bond donors (Lipinski definition) is 1. The molecule has 2 nitrogen and oxygen atoms in total. The van der Waals surface area contributed by atoms with Gasteiger partial charge in [-0.1, -0.05) is 0 Å². The Hall–Kier alpha value is 0.930. The van der Waals surface area contributed by atoms with E-state index in [1.165, 1.54) is 43.9 Å². The summed E-state index contributed by atoms with van der Waals surface area (Å²) in [4.78, 5) is 0. The van der Waals surface area contributed by atoms with Crippen molar-refractivity contribution in [3.05, 3.63) is 19.2 Å². The first kappa shape index (κ1) is 16.8. The Kier molecular flexibility index (Phi) is 5.77. The number of thiophene rings is 1. The van der Waals surface area contributed by atoms with E-state index in [4.69, 9.17) is 4.74 Å². The molecular formula is C15H21Br2NOS2. The SMILES string of the molecule is CNC(c1cc(Br)sc1Br)C1CCOC2(CCSCC2)C1. The Morgan fingerprint density at radius 2 is 2.14 bits per heavy atom. The Bertz CT molecular complexity index is 483. The van der Waals surface area contributed by atoms with Gasteiger partial charge < -0.3 is 10.1 Å². The summed E-state index contributed by atoms with van der Waals surface area (Å²) in [6.07, 6.45) is 4.79. The number of ether oxygens (including phenoxy) is 1. The molecule has 3 rings (SSSR count). The molecule has 2 unspecified atom stereocenters. The van der Waals surface area contributed by atoms with Gasteiger partial charge in [-0.25, -0.2) is 0 Å². The highest BCUT2D eigenvalue weighted by Gasteiger charge is 2.41. The molecule has 1 aromatic rings. The van der Waals surface area contributed by atoms with Crippen LogP contribution in [0.4, 0.5) is 0 Å². The lowest BCUT2D eigenvalue weighted by Crippen LogP contribution is -2.45. The van der Waals surface area contributed by atoms with Gasteiger partial charge in [-0.05, 0) is 93.6 Å². The molecule has 0 amide bonds. The van der Waals surface area contributed by atoms with E-state index in [0.29, 0.717) is 12.0 Å². The van der Waals surface area contributed by atoms with Gasteiger partial charge in [-0.2, -0.15) is 11.8 Å². The molecule has 0 aliphatic carbocycles. The fraction of sp³-hybridized carbons (Fsp3) is 0.733. The summed E-state index contributed by atoms with van der Waals surface area (Å²) in [5.41, 5.74) is 1.55. The molecule has 2 aliphatic heterocycles. The van der Waals surface area contributed by atoms with Crippen molar-refractivity contribution in [1.82, 2.24) is 5.32 Å². The van der Waals surface area contributed by atoms with Crippen LogP contribution >= 0.6 is 55.0 Å². The van der Waals surface area contributed by atoms with E-state index in [0.717, 1.165) is 13.0 Å². The van der Waals surface area contributed by atoms with Gasteiger partial charge in [0.15, 0.2) is 0 Å². The van der Waals surface area contributed by atoms with Crippen LogP contribution in [0, 0.1) is 5.92 Å². The summed E-state index contributed by atoms with van der Waals surface area (Å²) >= 11 is 11.2. The van der Waals surface area contributed by atoms with Crippen molar-refractivity contribution in [2.45, 2.75) is 37.3 Å². The maximum atomic E-state index is 6.24. The first-order chi connectivity index (χ1) is 10.1. The van der Waals surface area contributed by atoms with Crippen LogP contribution < -0.4 is 5.32 Å². The highest BCUT2D eigenvalue weighted by atomic mass is 79.9. The van der Waals surface area contributed by atoms with Crippen LogP contribution in [0.3, 0.4) is 0 Å². The van der Waals surface area contributed by atoms with Gasteiger partial charge in [0.05, 0.1) is 13.2 Å². The first-order valence-electron chi connectivity index (χ1n) is 7.47. The van der Waals surface area contributed by atoms with Gasteiger partial charge >= 0.3 is 0 Å². The maximum Gasteiger partial charge on any atom is 0.0758 e. The smallest absolute Gasteiger partial charge is 0.0758 e. The molecule has 0 bridgehead atoms. The van der Waals surface area contributed by atoms with Crippen LogP contribution in [0.25, 0.3) is 0 Å². The summed E-state index contributed by atoms with van der Waals surface area (Å²) in [6.45, 7) is 0.913. The highest BCUT2D eigenvalue weighted by Crippen LogP contribution is 2.46. The molecule has 2 saturated heterocycles. The number of thioether (sulfide) groups is 1. The topological polar surface area (TPSA) is 21.3 Å². The van der Waals surface area contributed by atoms with Crippen molar-refractivity contribution >= 4 is 55.0 Å². The van der Waals surface area contributed by atoms with Gasteiger partial charge in [0, 0.05) is 12.6 Å². The Morgan fingerprint density at radius 3 is 2.76 bits per heavy atom. The van der Waals surface area contributed by atoms with Crippen molar-refractivity contribution < 1.29 is 4.74 Å². The summed E-state index contributed by atoms with van der Waals surface area (Å²) in [5.74, 6) is 3.17. The quantitative estimate of drug-likeness (QED) is 0.675. The number of halogens is 2. The van der Waals surface area contributed by atoms with Crippen molar-refractivity contribution in [2.75, 3.05) is 25.2 Å². The van der Waals surface area contributed by atoms with E-state index in [1.54, 1.807) is 11.3 Å². The predicted octanol–water partition coefficient (Wildman–Crippen LogP) is 5.23. The fourth-order valence-electron chi connectivity index (χ4n) is 3.65. The normalized spacial score (nSPS) is 26.9. The fourth-order valence-corrected chi connectivity index (χ4v) is 7.82. The van der Waals surface area contributed by atoms with Crippen LogP contribution in [-0.4, -0.2) is 30.8 Å². The molecule has 21 heavy (non-hydrogen) atoms. The minimum absolute atomic E-state index is 0.156. The Labute approximate surface area is 152 Å². The monoisotopic (exact) mass is 453 g/mol. The molecule has 1 aromatic heterocycles. The highest BCUT2D eigenvalue weighted by molar-refractivity contribution is 9.12. The molecule has 0 saturated carbocycles. The van der Waals surface area contributed by atoms with Crippen LogP contribution in [0.15, 0.2) is 13.6 Å². The Balaban J connectivity index is 1.78. The third-order valence-electron chi connectivity index (χ3n) is 4.74. The van der Waals surface area contributed by atoms with Gasteiger partial charge in [-0.15, -0.1) is 11.3 Å². The van der Waals surface area contributed by atoms with E-state index in [1.807, 2.05) is 0 Å². The average molecular weight is 455 g/mol. The molecule has 0 aromatic carbocycles. The molecule has 2 fully saturated rings. The van der Waals surface area contributed by atoms with E-state index in [2.05, 4.69) is 62.1 Å². The van der Waals surface area contributed by atoms with Crippen LogP contribution in [0.1, 0.15) is 37.3 Å². The lowest BCUT2D eigenvalue weighted by Gasteiger charge is -2.45. The van der Waals surface area contributed by atoms with Crippen LogP contribution in [0.2, 0.25) is 0 Å². The lowest BCUT2D eigenvalue weighted by atomic mass is 9.77. The van der Waals surface area contributed by atoms with E-state index < -0.39 is 0 Å². The molecule has 0 radical (unpaired) electrons. The summed E-state index contributed by atoms with van der Waals surface area (Å²) in [6, 6.07) is 2.67. The van der Waals surface area contributed by atoms with Gasteiger partial charge in [0.2, 0.25) is 0 Å². The molecule has 6 heteroatoms. The number of rotatable bonds is 3. The minimum Gasteiger partial charge on any atom is -0.375 e. The molecule has 2 atom stereocenters. The zero-order valence-electron chi connectivity index (χ0n) is 12.2. The van der Waals surface area contributed by atoms with Crippen molar-refractivity contribution in [3.63, 3.8) is 0 Å². The van der Waals surface area contributed by atoms with Gasteiger partial charge in [0.1, 0.15) is 0 Å². The van der Waals surface area contributed by atoms with Crippen molar-refractivity contribution in [1.29, 1.82) is 0 Å². The lowest BCUT2D eigenvalue weighted by molar-refractivity contribution is -0.107. The van der Waals surface area contributed by atoms with E-state index in [9.17, 15) is 0 Å². The zero-order valence-corrected chi connectivity index (χ0v) is 17.0. The second-order valence-electron chi connectivity index (χ2n) is 5.94. The first-order valence-corrected chi connectivity index (χ1v) is 11.0. The summed E-state index contributed by atoms with van der Waals surface area (Å²) < 4.78 is 8.68. The average Bonchev–Trinajstić information content (AvgIpc) is 2.80. The zero-order chi connectivity index (χ0) is 14.9. The van der Waals surface area contributed by atoms with Crippen LogP contribution in [0.5, 0.6) is 0 Å². The number of nitrogens with one attached hydrogen (secondary N) is 1. The molecule has 1 N–H and O–H groups in total. The number of hydrogen-bond acceptors (Lipinski definition) is 4. The predicted molar refractivity (Wildman–Crippen MR) is 99.5 cm³/mol. The van der Waals surface area contributed by atoms with Crippen molar-refractivity contribution in [2.24, 2.45) is 5.92 Å². The second-order valence-corrected chi connectivity index (χ2v) is 10.9. The largest absolute Gasteiger partial charge is 0.375 e. The minimum atomic E-state index is 0.156. The standard InChI is InChI=1S/C15H21Br2NOS2/c1-18-13(11-8-12(16)21-14(11)17)10-2-5-19-15(9-10)3-6-20-7-4-15/h8,10,13,18H,2-7,9H2,1H3. The summed E-state index contributed by atoms with van der Waals surface area (Å²) in [5, 5.41) is 3.56. The van der Waals surface area contributed by atoms with Crippen molar-refractivity contribution in [3.8, 4) is 0 Å². The van der Waals surface area contributed by atoms with Gasteiger partial charge in [0.25, 0.3) is 0 Å². The van der Waals surface area contributed by atoms with Crippen LogP contribution in [-0.2, 0) is 4.74 Å². The van der Waals surface area contributed by atoms with E-state index in [-0.39, 0.29) is 5.60 Å². The maximum absolute atomic E-state index is 6.24. The third kappa shape index (κ3) is 3.72. The second kappa shape index (κ2) is 7.22. The molecular weight excluding hydrogens is 434 g/mol. The van der Waals surface area contributed by atoms with E-state index >= 15 is 0 Å². The Morgan fingerprint density at radius 1 is 1.38 bits per heavy atom. The molecule has 3 heterocycles. The third-order valence-corrected chi connectivity index (χ3v) is 8.11. The molecule has 1 spiro atoms. The van der Waals surface area contributed by atoms with Gasteiger partial charge in [-0.3, -0.25) is 0 Å². The molecule has 118 valence electrons.